The highest BCUT2D eigenvalue weighted by molar-refractivity contribution is 8.26. The van der Waals surface area contributed by atoms with E-state index in [4.69, 9.17) is 16.6 Å². The fourth-order valence-electron chi connectivity index (χ4n) is 3.95. The molecule has 2 aromatic heterocycles. The number of hydrogen-bond acceptors (Lipinski definition) is 7. The van der Waals surface area contributed by atoms with E-state index in [0.29, 0.717) is 58.0 Å². The van der Waals surface area contributed by atoms with Crippen LogP contribution in [0.4, 0.5) is 5.82 Å². The lowest BCUT2D eigenvalue weighted by Crippen LogP contribution is -2.30. The molecule has 0 atom stereocenters. The molecule has 0 saturated carbocycles. The third-order valence-electron chi connectivity index (χ3n) is 5.82. The number of rotatable bonds is 8. The van der Waals surface area contributed by atoms with Gasteiger partial charge >= 0.3 is 0 Å². The van der Waals surface area contributed by atoms with Crippen LogP contribution in [0.2, 0.25) is 0 Å². The summed E-state index contributed by atoms with van der Waals surface area (Å²) in [5, 5.41) is 12.9. The number of nitrogens with zero attached hydrogens (tertiary/aromatic N) is 3. The molecule has 7 nitrogen and oxygen atoms in total. The van der Waals surface area contributed by atoms with E-state index in [0.717, 1.165) is 5.56 Å². The second-order valence-electron chi connectivity index (χ2n) is 7.93. The molecule has 3 heterocycles. The Morgan fingerprint density at radius 3 is 2.63 bits per heavy atom. The van der Waals surface area contributed by atoms with Crippen molar-refractivity contribution in [1.29, 1.82) is 5.26 Å². The smallest absolute Gasteiger partial charge is 0.270 e. The van der Waals surface area contributed by atoms with E-state index in [-0.39, 0.29) is 17.0 Å². The summed E-state index contributed by atoms with van der Waals surface area (Å²) in [6, 6.07) is 15.6. The Kier molecular flexibility index (Phi) is 7.54. The molecule has 0 radical (unpaired) electrons. The average Bonchev–Trinajstić information content (AvgIpc) is 3.47. The Morgan fingerprint density at radius 1 is 1.20 bits per heavy atom. The largest absolute Gasteiger partial charge is 0.467 e. The van der Waals surface area contributed by atoms with Gasteiger partial charge in [0.25, 0.3) is 11.5 Å². The first-order valence-corrected chi connectivity index (χ1v) is 12.4. The van der Waals surface area contributed by atoms with E-state index >= 15 is 0 Å². The van der Waals surface area contributed by atoms with Crippen LogP contribution in [-0.2, 0) is 24.3 Å². The van der Waals surface area contributed by atoms with Crippen molar-refractivity contribution in [2.45, 2.75) is 33.4 Å². The van der Waals surface area contributed by atoms with Gasteiger partial charge < -0.3 is 9.73 Å². The number of amides is 1. The number of benzene rings is 1. The molecule has 1 aliphatic heterocycles. The monoisotopic (exact) mass is 504 g/mol. The van der Waals surface area contributed by atoms with Gasteiger partial charge in [-0.3, -0.25) is 19.1 Å². The predicted octanol–water partition coefficient (Wildman–Crippen LogP) is 4.70. The van der Waals surface area contributed by atoms with Crippen LogP contribution in [0.15, 0.2) is 62.8 Å². The molecule has 0 bridgehead atoms. The number of carbonyl (C=O) groups excluding carboxylic acids is 1. The topological polar surface area (TPSA) is 91.3 Å². The number of pyridine rings is 1. The minimum absolute atomic E-state index is 0.0567. The zero-order chi connectivity index (χ0) is 24.9. The number of thiocarbonyl (C=S) groups is 1. The van der Waals surface area contributed by atoms with E-state index in [1.54, 1.807) is 30.2 Å². The number of hydrogen-bond donors (Lipinski definition) is 1. The fraction of sp³-hybridized carbons (Fsp3) is 0.231. The number of carbonyl (C=O) groups is 1. The van der Waals surface area contributed by atoms with Gasteiger partial charge in [-0.15, -0.1) is 0 Å². The van der Waals surface area contributed by atoms with E-state index in [1.165, 1.54) is 16.3 Å². The van der Waals surface area contributed by atoms with Crippen LogP contribution in [0.25, 0.3) is 6.08 Å². The molecule has 3 aromatic rings. The first-order valence-electron chi connectivity index (χ1n) is 11.2. The van der Waals surface area contributed by atoms with E-state index in [9.17, 15) is 14.9 Å². The zero-order valence-corrected chi connectivity index (χ0v) is 21.0. The summed E-state index contributed by atoms with van der Waals surface area (Å²) in [7, 11) is 0. The fourth-order valence-corrected chi connectivity index (χ4v) is 5.24. The highest BCUT2D eigenvalue weighted by Gasteiger charge is 2.32. The first-order chi connectivity index (χ1) is 16.9. The van der Waals surface area contributed by atoms with Gasteiger partial charge in [0.05, 0.1) is 17.7 Å². The third-order valence-corrected chi connectivity index (χ3v) is 7.19. The van der Waals surface area contributed by atoms with Gasteiger partial charge in [0.15, 0.2) is 0 Å². The molecule has 0 unspecified atom stereocenters. The van der Waals surface area contributed by atoms with Gasteiger partial charge in [-0.05, 0) is 49.6 Å². The second-order valence-corrected chi connectivity index (χ2v) is 9.60. The SMILES string of the molecule is CCn1c(NCc2ccco2)c(/C=C2\SC(=S)N(CCc3ccccc3)C2=O)c(C)c(C#N)c1=O. The molecule has 1 saturated heterocycles. The first kappa shape index (κ1) is 24.5. The molecule has 1 N–H and O–H groups in total. The van der Waals surface area contributed by atoms with Crippen LogP contribution in [0, 0.1) is 18.3 Å². The van der Waals surface area contributed by atoms with Gasteiger partial charge in [-0.2, -0.15) is 5.26 Å². The Hall–Kier alpha value is -3.61. The van der Waals surface area contributed by atoms with E-state index in [1.807, 2.05) is 49.4 Å². The molecule has 35 heavy (non-hydrogen) atoms. The maximum Gasteiger partial charge on any atom is 0.270 e. The van der Waals surface area contributed by atoms with Crippen molar-refractivity contribution in [3.05, 3.63) is 92.0 Å². The van der Waals surface area contributed by atoms with Gasteiger partial charge in [-0.1, -0.05) is 54.3 Å². The van der Waals surface area contributed by atoms with Crippen LogP contribution >= 0.6 is 24.0 Å². The lowest BCUT2D eigenvalue weighted by molar-refractivity contribution is -0.122. The minimum atomic E-state index is -0.373. The van der Waals surface area contributed by atoms with Crippen LogP contribution < -0.4 is 10.9 Å². The molecular formula is C26H24N4O3S2. The van der Waals surface area contributed by atoms with Crippen molar-refractivity contribution < 1.29 is 9.21 Å². The summed E-state index contributed by atoms with van der Waals surface area (Å²) in [5.74, 6) is 1.04. The predicted molar refractivity (Wildman–Crippen MR) is 142 cm³/mol. The van der Waals surface area contributed by atoms with Crippen LogP contribution in [0.5, 0.6) is 0 Å². The number of thioether (sulfide) groups is 1. The normalized spacial score (nSPS) is 14.5. The van der Waals surface area contributed by atoms with Gasteiger partial charge in [0, 0.05) is 18.7 Å². The standard InChI is InChI=1S/C26H24N4O3S2/c1-3-29-23(28-16-19-10-7-13-33-19)20(17(2)21(15-27)24(29)31)14-22-25(32)30(26(34)35-22)12-11-18-8-5-4-6-9-18/h4-10,13-14,28H,3,11-12,16H2,1-2H3/b22-14-. The number of nitriles is 1. The molecule has 4 rings (SSSR count). The number of aromatic nitrogens is 1. The maximum absolute atomic E-state index is 13.3. The minimum Gasteiger partial charge on any atom is -0.467 e. The maximum atomic E-state index is 13.3. The molecule has 1 aliphatic rings. The highest BCUT2D eigenvalue weighted by Crippen LogP contribution is 2.35. The quantitative estimate of drug-likeness (QED) is 0.351. The summed E-state index contributed by atoms with van der Waals surface area (Å²) in [6.07, 6.45) is 4.00. The second kappa shape index (κ2) is 10.8. The Bertz CT molecular complexity index is 1390. The Labute approximate surface area is 213 Å². The van der Waals surface area contributed by atoms with Crippen molar-refractivity contribution in [3.63, 3.8) is 0 Å². The van der Waals surface area contributed by atoms with Crippen LogP contribution in [0.1, 0.15) is 34.9 Å². The molecule has 178 valence electrons. The highest BCUT2D eigenvalue weighted by atomic mass is 32.2. The van der Waals surface area contributed by atoms with Crippen LogP contribution in [-0.4, -0.2) is 26.2 Å². The number of furan rings is 1. The Balaban J connectivity index is 1.70. The van der Waals surface area contributed by atoms with Gasteiger partial charge in [0.2, 0.25) is 0 Å². The lowest BCUT2D eigenvalue weighted by Gasteiger charge is -2.19. The van der Waals surface area contributed by atoms with E-state index < -0.39 is 0 Å². The summed E-state index contributed by atoms with van der Waals surface area (Å²) < 4.78 is 7.42. The molecule has 1 amide bonds. The van der Waals surface area contributed by atoms with Crippen molar-refractivity contribution >= 4 is 46.1 Å². The molecule has 9 heteroatoms. The van der Waals surface area contributed by atoms with Gasteiger partial charge in [-0.25, -0.2) is 0 Å². The van der Waals surface area contributed by atoms with E-state index in [2.05, 4.69) is 5.32 Å². The lowest BCUT2D eigenvalue weighted by atomic mass is 10.0. The summed E-state index contributed by atoms with van der Waals surface area (Å²) in [4.78, 5) is 28.3. The molecule has 1 fully saturated rings. The number of nitrogens with one attached hydrogen (secondary N) is 1. The van der Waals surface area contributed by atoms with Crippen molar-refractivity contribution in [3.8, 4) is 6.07 Å². The van der Waals surface area contributed by atoms with Gasteiger partial charge in [0.1, 0.15) is 27.5 Å². The summed E-state index contributed by atoms with van der Waals surface area (Å²) in [5.41, 5.74) is 1.93. The molecule has 1 aromatic carbocycles. The van der Waals surface area contributed by atoms with Crippen molar-refractivity contribution in [2.75, 3.05) is 11.9 Å². The summed E-state index contributed by atoms with van der Waals surface area (Å²) in [6.45, 7) is 4.74. The van der Waals surface area contributed by atoms with Crippen LogP contribution in [0.3, 0.4) is 0 Å². The molecule has 0 aliphatic carbocycles. The third kappa shape index (κ3) is 5.09. The average molecular weight is 505 g/mol. The summed E-state index contributed by atoms with van der Waals surface area (Å²) >= 11 is 6.74. The molecule has 0 spiro atoms. The number of anilines is 1. The Morgan fingerprint density at radius 2 is 1.97 bits per heavy atom. The zero-order valence-electron chi connectivity index (χ0n) is 19.4. The van der Waals surface area contributed by atoms with Crippen molar-refractivity contribution in [2.24, 2.45) is 0 Å². The van der Waals surface area contributed by atoms with Crippen molar-refractivity contribution in [1.82, 2.24) is 9.47 Å². The molecular weight excluding hydrogens is 480 g/mol.